The van der Waals surface area contributed by atoms with Gasteiger partial charge in [0.05, 0.1) is 22.8 Å². The summed E-state index contributed by atoms with van der Waals surface area (Å²) in [5.74, 6) is 0. The van der Waals surface area contributed by atoms with E-state index in [0.717, 1.165) is 46.5 Å². The van der Waals surface area contributed by atoms with Crippen LogP contribution >= 0.6 is 0 Å². The summed E-state index contributed by atoms with van der Waals surface area (Å²) in [7, 11) is 0. The predicted octanol–water partition coefficient (Wildman–Crippen LogP) is 7.26. The second-order valence-corrected chi connectivity index (χ2v) is 8.34. The molecular formula is C34H26IrN4O2+3. The van der Waals surface area contributed by atoms with Crippen LogP contribution in [0.15, 0.2) is 146 Å². The molecule has 0 atom stereocenters. The molecule has 6 aromatic rings. The van der Waals surface area contributed by atoms with Crippen LogP contribution in [0.3, 0.4) is 0 Å². The first-order chi connectivity index (χ1) is 19.8. The zero-order valence-corrected chi connectivity index (χ0v) is 24.3. The molecule has 0 saturated heterocycles. The molecule has 2 aromatic carbocycles. The van der Waals surface area contributed by atoms with Gasteiger partial charge in [-0.1, -0.05) is 72.8 Å². The standard InChI is InChI=1S/2C12H9NO.C10H8N2.Ir/c2*14-9-10-4-6-11(7-5-10)12-3-1-2-8-13-12;1-3-7-11-9(5-1)10-6-2-4-8-12-10;/h2*1-9H;1-8H;/q;;;+3. The first kappa shape index (κ1) is 30.6. The Balaban J connectivity index is 0.000000168. The van der Waals surface area contributed by atoms with Gasteiger partial charge in [0.25, 0.3) is 0 Å². The molecule has 0 saturated carbocycles. The smallest absolute Gasteiger partial charge is 0.298 e. The number of aromatic nitrogens is 4. The summed E-state index contributed by atoms with van der Waals surface area (Å²) < 4.78 is 0. The Hall–Kier alpha value is -4.97. The largest absolute Gasteiger partial charge is 3.00 e. The Labute approximate surface area is 252 Å². The number of aldehydes is 2. The van der Waals surface area contributed by atoms with Gasteiger partial charge in [-0.2, -0.15) is 0 Å². The van der Waals surface area contributed by atoms with Gasteiger partial charge >= 0.3 is 20.1 Å². The summed E-state index contributed by atoms with van der Waals surface area (Å²) in [4.78, 5) is 37.7. The maximum atomic E-state index is 10.4. The molecule has 0 unspecified atom stereocenters. The molecule has 0 radical (unpaired) electrons. The number of hydrogen-bond acceptors (Lipinski definition) is 6. The van der Waals surface area contributed by atoms with Gasteiger partial charge in [0.1, 0.15) is 12.6 Å². The van der Waals surface area contributed by atoms with Gasteiger partial charge in [0.15, 0.2) is 0 Å². The fourth-order valence-corrected chi connectivity index (χ4v) is 3.56. The molecule has 0 aliphatic heterocycles. The van der Waals surface area contributed by atoms with Gasteiger partial charge < -0.3 is 0 Å². The zero-order valence-electron chi connectivity index (χ0n) is 21.9. The van der Waals surface area contributed by atoms with Crippen molar-refractivity contribution in [2.75, 3.05) is 0 Å². The van der Waals surface area contributed by atoms with Crippen molar-refractivity contribution < 1.29 is 29.7 Å². The first-order valence-corrected chi connectivity index (χ1v) is 12.5. The van der Waals surface area contributed by atoms with E-state index in [1.54, 1.807) is 49.1 Å². The molecule has 0 fully saturated rings. The van der Waals surface area contributed by atoms with Crippen LogP contribution in [-0.4, -0.2) is 32.5 Å². The Morgan fingerprint density at radius 3 is 0.902 bits per heavy atom. The zero-order chi connectivity index (χ0) is 27.8. The average Bonchev–Trinajstić information content (AvgIpc) is 3.07. The number of nitrogens with zero attached hydrogens (tertiary/aromatic N) is 4. The van der Waals surface area contributed by atoms with E-state index < -0.39 is 0 Å². The Kier molecular flexibility index (Phi) is 12.6. The monoisotopic (exact) mass is 715 g/mol. The number of hydrogen-bond donors (Lipinski definition) is 0. The van der Waals surface area contributed by atoms with Gasteiger partial charge in [0.2, 0.25) is 0 Å². The van der Waals surface area contributed by atoms with E-state index in [1.165, 1.54) is 0 Å². The molecule has 7 heteroatoms. The second-order valence-electron chi connectivity index (χ2n) is 8.34. The average molecular weight is 715 g/mol. The Morgan fingerprint density at radius 1 is 0.366 bits per heavy atom. The molecule has 0 amide bonds. The number of carbonyl (C=O) groups excluding carboxylic acids is 2. The van der Waals surface area contributed by atoms with E-state index >= 15 is 0 Å². The maximum Gasteiger partial charge on any atom is 3.00 e. The maximum absolute atomic E-state index is 10.4. The van der Waals surface area contributed by atoms with Crippen molar-refractivity contribution in [3.8, 4) is 33.9 Å². The van der Waals surface area contributed by atoms with E-state index in [-0.39, 0.29) is 20.1 Å². The van der Waals surface area contributed by atoms with Crippen molar-refractivity contribution in [1.29, 1.82) is 0 Å². The molecular weight excluding hydrogens is 689 g/mol. The molecule has 41 heavy (non-hydrogen) atoms. The molecule has 6 rings (SSSR count). The normalized spacial score (nSPS) is 9.46. The van der Waals surface area contributed by atoms with Crippen molar-refractivity contribution in [3.63, 3.8) is 0 Å². The van der Waals surface area contributed by atoms with E-state index in [9.17, 15) is 9.59 Å². The minimum Gasteiger partial charge on any atom is -0.298 e. The number of benzene rings is 2. The molecule has 4 aromatic heterocycles. The molecule has 200 valence electrons. The van der Waals surface area contributed by atoms with E-state index in [4.69, 9.17) is 0 Å². The molecule has 4 heterocycles. The van der Waals surface area contributed by atoms with Crippen molar-refractivity contribution in [2.45, 2.75) is 0 Å². The van der Waals surface area contributed by atoms with Crippen molar-refractivity contribution in [2.24, 2.45) is 0 Å². The van der Waals surface area contributed by atoms with Crippen LogP contribution in [0.25, 0.3) is 33.9 Å². The number of pyridine rings is 4. The van der Waals surface area contributed by atoms with Crippen LogP contribution in [0, 0.1) is 0 Å². The van der Waals surface area contributed by atoms with E-state index in [0.29, 0.717) is 11.1 Å². The van der Waals surface area contributed by atoms with Crippen LogP contribution < -0.4 is 0 Å². The van der Waals surface area contributed by atoms with Crippen LogP contribution in [0.5, 0.6) is 0 Å². The van der Waals surface area contributed by atoms with Gasteiger partial charge in [0, 0.05) is 47.0 Å². The van der Waals surface area contributed by atoms with Crippen molar-refractivity contribution in [1.82, 2.24) is 19.9 Å². The SMILES string of the molecule is O=Cc1ccc(-c2ccccn2)cc1.O=Cc1ccc(-c2ccccn2)cc1.[Ir+3].c1ccc(-c2ccccn2)nc1. The quantitative estimate of drug-likeness (QED) is 0.175. The summed E-state index contributed by atoms with van der Waals surface area (Å²) >= 11 is 0. The molecule has 0 N–H and O–H groups in total. The fraction of sp³-hybridized carbons (Fsp3) is 0. The Morgan fingerprint density at radius 2 is 0.659 bits per heavy atom. The van der Waals surface area contributed by atoms with Gasteiger partial charge in [-0.05, 0) is 48.5 Å². The van der Waals surface area contributed by atoms with Crippen molar-refractivity contribution >= 4 is 12.6 Å². The summed E-state index contributed by atoms with van der Waals surface area (Å²) in [6.45, 7) is 0. The van der Waals surface area contributed by atoms with Crippen LogP contribution in [0.1, 0.15) is 20.7 Å². The Bertz CT molecular complexity index is 1460. The molecule has 6 nitrogen and oxygen atoms in total. The minimum absolute atomic E-state index is 0. The topological polar surface area (TPSA) is 85.7 Å². The summed E-state index contributed by atoms with van der Waals surface area (Å²) in [5, 5.41) is 0. The minimum atomic E-state index is 0. The summed E-state index contributed by atoms with van der Waals surface area (Å²) in [5.41, 5.74) is 7.09. The summed E-state index contributed by atoms with van der Waals surface area (Å²) in [6.07, 6.45) is 8.71. The third kappa shape index (κ3) is 9.62. The van der Waals surface area contributed by atoms with Gasteiger partial charge in [-0.15, -0.1) is 0 Å². The second kappa shape index (κ2) is 16.9. The van der Waals surface area contributed by atoms with E-state index in [1.807, 2.05) is 97.1 Å². The van der Waals surface area contributed by atoms with Crippen LogP contribution in [0.2, 0.25) is 0 Å². The predicted molar refractivity (Wildman–Crippen MR) is 158 cm³/mol. The van der Waals surface area contributed by atoms with Gasteiger partial charge in [-0.25, -0.2) is 0 Å². The first-order valence-electron chi connectivity index (χ1n) is 12.5. The van der Waals surface area contributed by atoms with E-state index in [2.05, 4.69) is 19.9 Å². The third-order valence-electron chi connectivity index (χ3n) is 5.61. The van der Waals surface area contributed by atoms with Crippen molar-refractivity contribution in [3.05, 3.63) is 157 Å². The van der Waals surface area contributed by atoms with Gasteiger partial charge in [-0.3, -0.25) is 29.5 Å². The fourth-order valence-electron chi connectivity index (χ4n) is 3.56. The number of carbonyl (C=O) groups is 2. The van der Waals surface area contributed by atoms with Crippen LogP contribution in [0.4, 0.5) is 0 Å². The molecule has 0 spiro atoms. The third-order valence-corrected chi connectivity index (χ3v) is 5.61. The summed E-state index contributed by atoms with van der Waals surface area (Å²) in [6, 6.07) is 37.8. The molecule has 0 bridgehead atoms. The number of rotatable bonds is 5. The molecule has 0 aliphatic rings. The van der Waals surface area contributed by atoms with Crippen LogP contribution in [-0.2, 0) is 20.1 Å². The molecule has 0 aliphatic carbocycles.